The van der Waals surface area contributed by atoms with Crippen LogP contribution in [0, 0.1) is 10.1 Å². The summed E-state index contributed by atoms with van der Waals surface area (Å²) in [6, 6.07) is 13.1. The summed E-state index contributed by atoms with van der Waals surface area (Å²) in [7, 11) is 0. The van der Waals surface area contributed by atoms with Gasteiger partial charge in [0.05, 0.1) is 10.7 Å². The molecule has 3 rings (SSSR count). The maximum Gasteiger partial charge on any atom is 0.284 e. The molecule has 0 aliphatic carbocycles. The van der Waals surface area contributed by atoms with Crippen LogP contribution in [0.25, 0.3) is 0 Å². The van der Waals surface area contributed by atoms with Crippen LogP contribution in [0.4, 0.5) is 17.1 Å². The second-order valence-corrected chi connectivity index (χ2v) is 7.71. The molecule has 0 fully saturated rings. The van der Waals surface area contributed by atoms with Crippen LogP contribution in [0.1, 0.15) is 15.4 Å². The molecule has 148 valence electrons. The van der Waals surface area contributed by atoms with Crippen LogP contribution in [0.15, 0.2) is 60.1 Å². The zero-order valence-electron chi connectivity index (χ0n) is 15.0. The molecular formula is C19H16N4O4S2. The Labute approximate surface area is 174 Å². The van der Waals surface area contributed by atoms with Gasteiger partial charge in [-0.3, -0.25) is 19.7 Å². The van der Waals surface area contributed by atoms with Gasteiger partial charge in [-0.05, 0) is 29.8 Å². The second kappa shape index (κ2) is 9.80. The monoisotopic (exact) mass is 428 g/mol. The quantitative estimate of drug-likeness (QED) is 0.411. The molecule has 0 saturated carbocycles. The highest BCUT2D eigenvalue weighted by Gasteiger charge is 2.09. The highest BCUT2D eigenvalue weighted by molar-refractivity contribution is 7.99. The number of nitrogens with zero attached hydrogens (tertiary/aromatic N) is 2. The Bertz CT molecular complexity index is 990. The number of carbonyl (C=O) groups excluding carboxylic acids is 2. The molecule has 0 saturated heterocycles. The highest BCUT2D eigenvalue weighted by Crippen LogP contribution is 2.18. The number of aromatic nitrogens is 1. The van der Waals surface area contributed by atoms with E-state index in [0.29, 0.717) is 22.1 Å². The van der Waals surface area contributed by atoms with E-state index in [2.05, 4.69) is 15.6 Å². The van der Waals surface area contributed by atoms with Gasteiger partial charge >= 0.3 is 0 Å². The van der Waals surface area contributed by atoms with E-state index in [1.165, 1.54) is 35.2 Å². The van der Waals surface area contributed by atoms with E-state index in [9.17, 15) is 19.7 Å². The number of non-ortho nitro benzene ring substituents is 1. The summed E-state index contributed by atoms with van der Waals surface area (Å²) >= 11 is 2.67. The fourth-order valence-electron chi connectivity index (χ4n) is 2.33. The van der Waals surface area contributed by atoms with Crippen molar-refractivity contribution in [3.05, 3.63) is 80.8 Å². The first-order valence-corrected chi connectivity index (χ1v) is 10.5. The summed E-state index contributed by atoms with van der Waals surface area (Å²) < 4.78 is 0. The Morgan fingerprint density at radius 3 is 2.28 bits per heavy atom. The lowest BCUT2D eigenvalue weighted by Gasteiger charge is -2.07. The van der Waals surface area contributed by atoms with Gasteiger partial charge in [0.2, 0.25) is 5.91 Å². The molecule has 3 aromatic rings. The molecule has 0 aliphatic rings. The van der Waals surface area contributed by atoms with Gasteiger partial charge in [0.15, 0.2) is 5.01 Å². The predicted molar refractivity (Wildman–Crippen MR) is 114 cm³/mol. The number of anilines is 2. The zero-order valence-corrected chi connectivity index (χ0v) is 16.7. The molecule has 29 heavy (non-hydrogen) atoms. The number of hydrogen-bond donors (Lipinski definition) is 2. The van der Waals surface area contributed by atoms with Crippen LogP contribution >= 0.6 is 23.1 Å². The van der Waals surface area contributed by atoms with Crippen LogP contribution in [-0.4, -0.2) is 27.5 Å². The van der Waals surface area contributed by atoms with Crippen molar-refractivity contribution >= 4 is 52.0 Å². The summed E-state index contributed by atoms with van der Waals surface area (Å²) in [4.78, 5) is 38.2. The minimum absolute atomic E-state index is 0.0442. The Morgan fingerprint density at radius 1 is 1.03 bits per heavy atom. The van der Waals surface area contributed by atoms with Crippen LogP contribution in [0.5, 0.6) is 0 Å². The molecule has 8 nitrogen and oxygen atoms in total. The molecule has 0 spiro atoms. The molecule has 2 N–H and O–H groups in total. The number of thioether (sulfide) groups is 1. The average Bonchev–Trinajstić information content (AvgIpc) is 3.25. The number of nitro benzene ring substituents is 1. The lowest BCUT2D eigenvalue weighted by Crippen LogP contribution is -2.14. The van der Waals surface area contributed by atoms with Gasteiger partial charge in [-0.2, -0.15) is 0 Å². The van der Waals surface area contributed by atoms with Crippen molar-refractivity contribution < 1.29 is 14.5 Å². The van der Waals surface area contributed by atoms with Crippen molar-refractivity contribution in [2.75, 3.05) is 16.4 Å². The van der Waals surface area contributed by atoms with Gasteiger partial charge in [0.1, 0.15) is 0 Å². The Kier molecular flexibility index (Phi) is 6.93. The zero-order chi connectivity index (χ0) is 20.6. The minimum atomic E-state index is -0.444. The van der Waals surface area contributed by atoms with E-state index in [0.717, 1.165) is 5.56 Å². The normalized spacial score (nSPS) is 10.3. The van der Waals surface area contributed by atoms with Gasteiger partial charge in [-0.15, -0.1) is 23.1 Å². The summed E-state index contributed by atoms with van der Waals surface area (Å²) in [5, 5.41) is 18.3. The number of nitro groups is 1. The van der Waals surface area contributed by atoms with Crippen molar-refractivity contribution in [2.24, 2.45) is 0 Å². The lowest BCUT2D eigenvalue weighted by molar-refractivity contribution is -0.384. The van der Waals surface area contributed by atoms with E-state index in [4.69, 9.17) is 0 Å². The standard InChI is InChI=1S/C19H16N4O4S2/c24-17(12-28-11-13-1-7-16(8-2-13)23(26)27)21-14-3-5-15(6-4-14)22-18(25)19-20-9-10-29-19/h1-10H,11-12H2,(H,21,24)(H,22,25). The molecule has 1 heterocycles. The van der Waals surface area contributed by atoms with E-state index in [1.54, 1.807) is 48.0 Å². The Hall–Kier alpha value is -3.24. The molecule has 0 bridgehead atoms. The molecule has 2 amide bonds. The van der Waals surface area contributed by atoms with Crippen LogP contribution in [-0.2, 0) is 10.5 Å². The fourth-order valence-corrected chi connectivity index (χ4v) is 3.65. The van der Waals surface area contributed by atoms with Gasteiger partial charge in [0.25, 0.3) is 11.6 Å². The molecule has 2 aromatic carbocycles. The van der Waals surface area contributed by atoms with Gasteiger partial charge < -0.3 is 10.6 Å². The highest BCUT2D eigenvalue weighted by atomic mass is 32.2. The summed E-state index contributed by atoms with van der Waals surface area (Å²) in [6.45, 7) is 0. The maximum atomic E-state index is 12.1. The molecule has 0 atom stereocenters. The van der Waals surface area contributed by atoms with Gasteiger partial charge in [-0.1, -0.05) is 12.1 Å². The second-order valence-electron chi connectivity index (χ2n) is 5.83. The molecule has 0 aliphatic heterocycles. The molecule has 0 unspecified atom stereocenters. The van der Waals surface area contributed by atoms with Crippen molar-refractivity contribution in [3.8, 4) is 0 Å². The van der Waals surface area contributed by atoms with E-state index >= 15 is 0 Å². The fraction of sp³-hybridized carbons (Fsp3) is 0.105. The smallest absolute Gasteiger partial charge is 0.284 e. The first kappa shape index (κ1) is 20.5. The number of thiazole rings is 1. The SMILES string of the molecule is O=C(CSCc1ccc([N+](=O)[O-])cc1)Nc1ccc(NC(=O)c2nccs2)cc1. The van der Waals surface area contributed by atoms with E-state index in [1.807, 2.05) is 0 Å². The van der Waals surface area contributed by atoms with Crippen molar-refractivity contribution in [1.82, 2.24) is 4.98 Å². The Balaban J connectivity index is 1.43. The first-order valence-electron chi connectivity index (χ1n) is 8.43. The topological polar surface area (TPSA) is 114 Å². The molecule has 10 heteroatoms. The third-order valence-corrected chi connectivity index (χ3v) is 5.48. The minimum Gasteiger partial charge on any atom is -0.325 e. The number of benzene rings is 2. The molecule has 0 radical (unpaired) electrons. The molecular weight excluding hydrogens is 412 g/mol. The first-order chi connectivity index (χ1) is 14.0. The number of rotatable bonds is 8. The Morgan fingerprint density at radius 2 is 1.69 bits per heavy atom. The summed E-state index contributed by atoms with van der Waals surface area (Å²) in [5.74, 6) is 0.392. The predicted octanol–water partition coefficient (Wildman–Crippen LogP) is 4.18. The van der Waals surface area contributed by atoms with Crippen molar-refractivity contribution in [2.45, 2.75) is 5.75 Å². The van der Waals surface area contributed by atoms with Crippen LogP contribution in [0.2, 0.25) is 0 Å². The summed E-state index contributed by atoms with van der Waals surface area (Å²) in [5.41, 5.74) is 2.19. The average molecular weight is 428 g/mol. The van der Waals surface area contributed by atoms with Gasteiger partial charge in [-0.25, -0.2) is 4.98 Å². The van der Waals surface area contributed by atoms with E-state index in [-0.39, 0.29) is 23.3 Å². The van der Waals surface area contributed by atoms with Crippen molar-refractivity contribution in [3.63, 3.8) is 0 Å². The lowest BCUT2D eigenvalue weighted by atomic mass is 10.2. The number of nitrogens with one attached hydrogen (secondary N) is 2. The molecule has 1 aromatic heterocycles. The van der Waals surface area contributed by atoms with Gasteiger partial charge in [0, 0.05) is 40.8 Å². The van der Waals surface area contributed by atoms with Crippen molar-refractivity contribution in [1.29, 1.82) is 0 Å². The number of hydrogen-bond acceptors (Lipinski definition) is 7. The third kappa shape index (κ3) is 6.13. The third-order valence-electron chi connectivity index (χ3n) is 3.70. The number of amides is 2. The van der Waals surface area contributed by atoms with E-state index < -0.39 is 4.92 Å². The largest absolute Gasteiger partial charge is 0.325 e. The maximum absolute atomic E-state index is 12.1. The summed E-state index contributed by atoms with van der Waals surface area (Å²) in [6.07, 6.45) is 1.57. The van der Waals surface area contributed by atoms with Crippen LogP contribution < -0.4 is 10.6 Å². The number of carbonyl (C=O) groups is 2. The van der Waals surface area contributed by atoms with Crippen LogP contribution in [0.3, 0.4) is 0 Å².